The van der Waals surface area contributed by atoms with Crippen molar-refractivity contribution in [3.05, 3.63) is 52.1 Å². The zero-order chi connectivity index (χ0) is 33.2. The minimum absolute atomic E-state index is 0.0312. The fourth-order valence-corrected chi connectivity index (χ4v) is 3.80. The monoisotopic (exact) mass is 629 g/mol. The number of nitrogens with zero attached hydrogens (tertiary/aromatic N) is 2. The lowest BCUT2D eigenvalue weighted by Crippen LogP contribution is -2.46. The lowest BCUT2D eigenvalue weighted by Gasteiger charge is -2.21. The van der Waals surface area contributed by atoms with E-state index in [1.165, 1.54) is 6.42 Å². The molecule has 1 fully saturated rings. The van der Waals surface area contributed by atoms with Crippen molar-refractivity contribution in [2.45, 2.75) is 72.1 Å². The number of ketones is 1. The van der Waals surface area contributed by atoms with Gasteiger partial charge in [0.05, 0.1) is 6.04 Å². The van der Waals surface area contributed by atoms with Crippen LogP contribution in [0.1, 0.15) is 53.9 Å². The topological polar surface area (TPSA) is 158 Å². The first kappa shape index (κ1) is 35.7. The fraction of sp³-hybridized carbons (Fsp3) is 0.500. The molecular formula is C28H35F4N5O7. The second-order valence-electron chi connectivity index (χ2n) is 10.7. The van der Waals surface area contributed by atoms with Gasteiger partial charge in [0.25, 0.3) is 5.56 Å². The Labute approximate surface area is 250 Å². The second kappa shape index (κ2) is 15.8. The maximum atomic E-state index is 13.9. The summed E-state index contributed by atoms with van der Waals surface area (Å²) >= 11 is 0. The van der Waals surface area contributed by atoms with E-state index in [-0.39, 0.29) is 12.5 Å². The molecule has 16 heteroatoms. The van der Waals surface area contributed by atoms with Gasteiger partial charge in [0.15, 0.2) is 23.2 Å². The summed E-state index contributed by atoms with van der Waals surface area (Å²) in [6, 6.07) is -1.48. The first-order valence-corrected chi connectivity index (χ1v) is 13.7. The maximum Gasteiger partial charge on any atom is 0.413 e. The van der Waals surface area contributed by atoms with E-state index in [1.807, 2.05) is 0 Å². The van der Waals surface area contributed by atoms with Crippen LogP contribution in [0.3, 0.4) is 0 Å². The molecule has 2 aromatic rings. The van der Waals surface area contributed by atoms with Crippen LogP contribution < -0.4 is 26.2 Å². The van der Waals surface area contributed by atoms with E-state index in [2.05, 4.69) is 34.8 Å². The van der Waals surface area contributed by atoms with Gasteiger partial charge >= 0.3 is 6.09 Å². The first-order valence-electron chi connectivity index (χ1n) is 13.7. The van der Waals surface area contributed by atoms with E-state index >= 15 is 0 Å². The van der Waals surface area contributed by atoms with Gasteiger partial charge in [-0.2, -0.15) is 8.78 Å². The van der Waals surface area contributed by atoms with Crippen molar-refractivity contribution in [2.24, 2.45) is 5.92 Å². The number of carbonyl (C=O) groups is 4. The predicted octanol–water partition coefficient (Wildman–Crippen LogP) is 3.22. The van der Waals surface area contributed by atoms with Crippen LogP contribution in [-0.4, -0.2) is 58.0 Å². The third-order valence-corrected chi connectivity index (χ3v) is 5.68. The summed E-state index contributed by atoms with van der Waals surface area (Å²) < 4.78 is 65.5. The van der Waals surface area contributed by atoms with Crippen molar-refractivity contribution >= 4 is 29.5 Å². The van der Waals surface area contributed by atoms with Gasteiger partial charge in [-0.05, 0) is 33.6 Å². The number of ether oxygens (including phenoxy) is 2. The van der Waals surface area contributed by atoms with E-state index in [0.717, 1.165) is 17.0 Å². The highest BCUT2D eigenvalue weighted by Gasteiger charge is 2.32. The van der Waals surface area contributed by atoms with Gasteiger partial charge in [-0.3, -0.25) is 24.5 Å². The number of benzene rings is 1. The van der Waals surface area contributed by atoms with Gasteiger partial charge in [-0.1, -0.05) is 20.3 Å². The lowest BCUT2D eigenvalue weighted by molar-refractivity contribution is -0.130. The molecule has 3 amide bonds. The molecule has 1 aliphatic heterocycles. The molecule has 1 aromatic heterocycles. The smallest absolute Gasteiger partial charge is 0.413 e. The summed E-state index contributed by atoms with van der Waals surface area (Å²) in [5, 5.41) is 7.08. The van der Waals surface area contributed by atoms with E-state index < -0.39 is 94.8 Å². The largest absolute Gasteiger partial charge is 0.479 e. The number of carbonyl (C=O) groups excluding carboxylic acids is 4. The Hall–Kier alpha value is -4.50. The Balaban J connectivity index is 0.00000216. The average Bonchev–Trinajstić information content (AvgIpc) is 3.32. The van der Waals surface area contributed by atoms with Gasteiger partial charge in [-0.15, -0.1) is 0 Å². The molecule has 44 heavy (non-hydrogen) atoms. The van der Waals surface area contributed by atoms with Crippen LogP contribution in [-0.2, 0) is 25.7 Å². The molecule has 0 radical (unpaired) electrons. The number of Topliss-reactive ketones (excluding diaryl/α,β-unsaturated/α-hetero) is 1. The highest BCUT2D eigenvalue weighted by Crippen LogP contribution is 2.26. The Bertz CT molecular complexity index is 1400. The van der Waals surface area contributed by atoms with Crippen LogP contribution in [0.4, 0.5) is 28.2 Å². The van der Waals surface area contributed by atoms with Crippen molar-refractivity contribution < 1.29 is 46.2 Å². The van der Waals surface area contributed by atoms with Gasteiger partial charge in [0.2, 0.25) is 29.3 Å². The molecule has 3 rings (SSSR count). The number of anilines is 1. The molecule has 2 heterocycles. The Morgan fingerprint density at radius 1 is 1.11 bits per heavy atom. The third kappa shape index (κ3) is 10.3. The maximum absolute atomic E-state index is 13.9. The van der Waals surface area contributed by atoms with Crippen LogP contribution in [0.5, 0.6) is 5.75 Å². The van der Waals surface area contributed by atoms with E-state index in [0.29, 0.717) is 13.0 Å². The van der Waals surface area contributed by atoms with Crippen molar-refractivity contribution in [3.8, 4) is 5.75 Å². The summed E-state index contributed by atoms with van der Waals surface area (Å²) in [4.78, 5) is 66.2. The normalized spacial score (nSPS) is 14.9. The summed E-state index contributed by atoms with van der Waals surface area (Å²) in [6.45, 7) is 7.60. The predicted molar refractivity (Wildman–Crippen MR) is 149 cm³/mol. The van der Waals surface area contributed by atoms with Gasteiger partial charge < -0.3 is 24.7 Å². The Morgan fingerprint density at radius 3 is 2.27 bits per heavy atom. The van der Waals surface area contributed by atoms with Crippen molar-refractivity contribution in [2.75, 3.05) is 18.5 Å². The number of amides is 3. The van der Waals surface area contributed by atoms with Crippen molar-refractivity contribution in [1.29, 1.82) is 0 Å². The molecule has 0 spiro atoms. The van der Waals surface area contributed by atoms with Gasteiger partial charge in [0, 0.05) is 30.9 Å². The van der Waals surface area contributed by atoms with Crippen LogP contribution in [0.15, 0.2) is 23.3 Å². The second-order valence-corrected chi connectivity index (χ2v) is 10.7. The van der Waals surface area contributed by atoms with Gasteiger partial charge in [-0.25, -0.2) is 18.6 Å². The summed E-state index contributed by atoms with van der Waals surface area (Å²) in [5.41, 5.74) is -1.74. The van der Waals surface area contributed by atoms with Crippen LogP contribution in [0, 0.1) is 29.2 Å². The zero-order valence-electron chi connectivity index (χ0n) is 24.9. The highest BCUT2D eigenvalue weighted by atomic mass is 19.2. The van der Waals surface area contributed by atoms with Crippen molar-refractivity contribution in [1.82, 2.24) is 20.2 Å². The van der Waals surface area contributed by atoms with Crippen molar-refractivity contribution in [3.63, 3.8) is 0 Å². The van der Waals surface area contributed by atoms with Gasteiger partial charge in [0.1, 0.15) is 18.8 Å². The number of nitrogens with one attached hydrogen (secondary N) is 3. The highest BCUT2D eigenvalue weighted by molar-refractivity contribution is 5.91. The molecule has 0 saturated carbocycles. The van der Waals surface area contributed by atoms with Crippen LogP contribution >= 0.6 is 0 Å². The first-order chi connectivity index (χ1) is 20.6. The quantitative estimate of drug-likeness (QED) is 0.267. The molecule has 1 aromatic carbocycles. The molecule has 0 aliphatic carbocycles. The third-order valence-electron chi connectivity index (χ3n) is 5.68. The number of halogens is 4. The Kier molecular flexibility index (Phi) is 12.8. The standard InChI is InChI=1S/C25H27F4N5O7.C3H8/c1-25(2,3)41-24(39)33-21-23(38)34(7-6-30-21)10-17(36)32-15(8-12-4-5-31-22(12)37)16(35)11-40-20-18(28)13(26)9-14(27)19(20)29;1-3-2/h6-7,9,12,15H,4-5,8,10-11H2,1-3H3,(H,31,37)(H,32,36)(H,30,33,39);3H2,1-2H3. The molecule has 242 valence electrons. The number of hydrogen-bond donors (Lipinski definition) is 3. The molecule has 1 aliphatic rings. The molecule has 2 atom stereocenters. The summed E-state index contributed by atoms with van der Waals surface area (Å²) in [7, 11) is 0. The fourth-order valence-electron chi connectivity index (χ4n) is 3.80. The summed E-state index contributed by atoms with van der Waals surface area (Å²) in [6.07, 6.45) is 2.63. The number of rotatable bonds is 10. The molecule has 1 saturated heterocycles. The molecule has 0 bridgehead atoms. The molecule has 3 N–H and O–H groups in total. The zero-order valence-corrected chi connectivity index (χ0v) is 24.9. The number of hydrogen-bond acceptors (Lipinski definition) is 8. The molecule has 2 unspecified atom stereocenters. The van der Waals surface area contributed by atoms with E-state index in [9.17, 15) is 41.5 Å². The number of aromatic nitrogens is 2. The SMILES string of the molecule is CC(C)(C)OC(=O)Nc1nccn(CC(=O)NC(CC2CCNC2=O)C(=O)COc2c(F)c(F)cc(F)c2F)c1=O.CCC. The molecule has 12 nitrogen and oxygen atoms in total. The molecular weight excluding hydrogens is 594 g/mol. The minimum Gasteiger partial charge on any atom is -0.479 e. The lowest BCUT2D eigenvalue weighted by atomic mass is 9.96. The van der Waals surface area contributed by atoms with Crippen LogP contribution in [0.2, 0.25) is 0 Å². The van der Waals surface area contributed by atoms with E-state index in [1.54, 1.807) is 20.8 Å². The minimum atomic E-state index is -1.86. The average molecular weight is 630 g/mol. The van der Waals surface area contributed by atoms with Crippen LogP contribution in [0.25, 0.3) is 0 Å². The summed E-state index contributed by atoms with van der Waals surface area (Å²) in [5.74, 6) is -12.1. The Morgan fingerprint density at radius 2 is 1.73 bits per heavy atom. The van der Waals surface area contributed by atoms with E-state index in [4.69, 9.17) is 9.47 Å².